The predicted molar refractivity (Wildman–Crippen MR) is 41.8 cm³/mol. The van der Waals surface area contributed by atoms with E-state index in [0.29, 0.717) is 6.29 Å². The van der Waals surface area contributed by atoms with Crippen LogP contribution in [0.15, 0.2) is 18.2 Å². The van der Waals surface area contributed by atoms with Crippen molar-refractivity contribution in [2.24, 2.45) is 0 Å². The van der Waals surface area contributed by atoms with Gasteiger partial charge >= 0.3 is 0 Å². The Bertz CT molecular complexity index is 299. The van der Waals surface area contributed by atoms with Gasteiger partial charge in [0.2, 0.25) is 0 Å². The van der Waals surface area contributed by atoms with Crippen LogP contribution in [0.3, 0.4) is 0 Å². The lowest BCUT2D eigenvalue weighted by Gasteiger charge is -2.03. The van der Waals surface area contributed by atoms with Crippen molar-refractivity contribution in [2.75, 3.05) is 0 Å². The molecule has 0 atom stereocenters. The summed E-state index contributed by atoms with van der Waals surface area (Å²) >= 11 is 5.49. The average molecular weight is 191 g/mol. The van der Waals surface area contributed by atoms with Crippen molar-refractivity contribution >= 4 is 17.9 Å². The van der Waals surface area contributed by atoms with Gasteiger partial charge in [0.1, 0.15) is 0 Å². The molecule has 0 aliphatic rings. The summed E-state index contributed by atoms with van der Waals surface area (Å²) in [6, 6.07) is 3.96. The van der Waals surface area contributed by atoms with Crippen molar-refractivity contribution in [3.8, 4) is 0 Å². The van der Waals surface area contributed by atoms with E-state index in [-0.39, 0.29) is 16.1 Å². The monoisotopic (exact) mass is 190 g/mol. The first-order chi connectivity index (χ1) is 5.66. The molecule has 0 aliphatic carbocycles. The van der Waals surface area contributed by atoms with Gasteiger partial charge < -0.3 is 0 Å². The van der Waals surface area contributed by atoms with Crippen molar-refractivity contribution in [3.05, 3.63) is 34.3 Å². The van der Waals surface area contributed by atoms with E-state index in [9.17, 15) is 13.6 Å². The van der Waals surface area contributed by atoms with Gasteiger partial charge in [0.15, 0.2) is 6.29 Å². The molecule has 0 aromatic heterocycles. The van der Waals surface area contributed by atoms with Crippen molar-refractivity contribution in [2.45, 2.75) is 6.43 Å². The molecule has 4 heteroatoms. The van der Waals surface area contributed by atoms with Crippen LogP contribution in [0.1, 0.15) is 22.3 Å². The number of aldehydes is 1. The maximum atomic E-state index is 12.1. The molecule has 0 aliphatic heterocycles. The molecule has 1 nitrogen and oxygen atoms in total. The SMILES string of the molecule is O=Cc1cccc(C(F)F)c1Cl. The summed E-state index contributed by atoms with van der Waals surface area (Å²) in [5.74, 6) is 0. The summed E-state index contributed by atoms with van der Waals surface area (Å²) in [4.78, 5) is 10.3. The summed E-state index contributed by atoms with van der Waals surface area (Å²) in [5.41, 5.74) is -0.212. The summed E-state index contributed by atoms with van der Waals surface area (Å²) in [6.45, 7) is 0. The van der Waals surface area contributed by atoms with E-state index in [4.69, 9.17) is 11.6 Å². The fraction of sp³-hybridized carbons (Fsp3) is 0.125. The number of hydrogen-bond acceptors (Lipinski definition) is 1. The van der Waals surface area contributed by atoms with Crippen LogP contribution in [-0.2, 0) is 0 Å². The summed E-state index contributed by atoms with van der Waals surface area (Å²) < 4.78 is 24.3. The molecule has 0 saturated carbocycles. The van der Waals surface area contributed by atoms with Crippen LogP contribution in [0.4, 0.5) is 8.78 Å². The summed E-state index contributed by atoms with van der Waals surface area (Å²) in [5, 5.41) is -0.164. The molecular formula is C8H5ClF2O. The number of benzene rings is 1. The second-order valence-corrected chi connectivity index (χ2v) is 2.55. The fourth-order valence-electron chi connectivity index (χ4n) is 0.828. The molecule has 1 aromatic rings. The Morgan fingerprint density at radius 1 is 1.42 bits per heavy atom. The van der Waals surface area contributed by atoms with Crippen molar-refractivity contribution in [1.82, 2.24) is 0 Å². The molecule has 64 valence electrons. The maximum Gasteiger partial charge on any atom is 0.265 e. The number of hydrogen-bond donors (Lipinski definition) is 0. The van der Waals surface area contributed by atoms with E-state index >= 15 is 0 Å². The maximum absolute atomic E-state index is 12.1. The van der Waals surface area contributed by atoms with Gasteiger partial charge in [-0.25, -0.2) is 8.78 Å². The highest BCUT2D eigenvalue weighted by Crippen LogP contribution is 2.28. The minimum Gasteiger partial charge on any atom is -0.298 e. The van der Waals surface area contributed by atoms with Crippen LogP contribution >= 0.6 is 11.6 Å². The Labute approximate surface area is 73.0 Å². The lowest BCUT2D eigenvalue weighted by atomic mass is 10.1. The van der Waals surface area contributed by atoms with Crippen molar-refractivity contribution < 1.29 is 13.6 Å². The smallest absolute Gasteiger partial charge is 0.265 e. The van der Waals surface area contributed by atoms with Gasteiger partial charge in [-0.05, 0) is 0 Å². The average Bonchev–Trinajstić information content (AvgIpc) is 2.04. The van der Waals surface area contributed by atoms with Crippen molar-refractivity contribution in [1.29, 1.82) is 0 Å². The molecule has 1 aromatic carbocycles. The van der Waals surface area contributed by atoms with Gasteiger partial charge in [-0.3, -0.25) is 4.79 Å². The van der Waals surface area contributed by atoms with Gasteiger partial charge in [0.25, 0.3) is 6.43 Å². The van der Waals surface area contributed by atoms with Gasteiger partial charge in [-0.2, -0.15) is 0 Å². The normalized spacial score (nSPS) is 10.3. The predicted octanol–water partition coefficient (Wildman–Crippen LogP) is 3.09. The van der Waals surface area contributed by atoms with Crippen LogP contribution < -0.4 is 0 Å². The van der Waals surface area contributed by atoms with E-state index in [1.165, 1.54) is 18.2 Å². The first-order valence-electron chi connectivity index (χ1n) is 3.18. The van der Waals surface area contributed by atoms with Crippen LogP contribution in [0.25, 0.3) is 0 Å². The molecule has 12 heavy (non-hydrogen) atoms. The lowest BCUT2D eigenvalue weighted by Crippen LogP contribution is -1.90. The molecule has 0 radical (unpaired) electrons. The van der Waals surface area contributed by atoms with Gasteiger partial charge in [0.05, 0.1) is 5.02 Å². The topological polar surface area (TPSA) is 17.1 Å². The van der Waals surface area contributed by atoms with Gasteiger partial charge in [-0.15, -0.1) is 0 Å². The summed E-state index contributed by atoms with van der Waals surface area (Å²) in [6.07, 6.45) is -2.19. The Hall–Kier alpha value is -0.960. The highest BCUT2D eigenvalue weighted by Gasteiger charge is 2.13. The minimum atomic E-state index is -2.64. The second-order valence-electron chi connectivity index (χ2n) is 2.17. The third-order valence-corrected chi connectivity index (χ3v) is 1.86. The van der Waals surface area contributed by atoms with E-state index in [0.717, 1.165) is 0 Å². The standard InChI is InChI=1S/C8H5ClF2O/c9-7-5(4-12)2-1-3-6(7)8(10)11/h1-4,8H. The molecule has 0 unspecified atom stereocenters. The Morgan fingerprint density at radius 2 is 2.08 bits per heavy atom. The first kappa shape index (κ1) is 9.13. The first-order valence-corrected chi connectivity index (χ1v) is 3.56. The third-order valence-electron chi connectivity index (χ3n) is 1.42. The molecule has 0 fully saturated rings. The number of carbonyl (C=O) groups is 1. The molecule has 0 spiro atoms. The second kappa shape index (κ2) is 3.63. The van der Waals surface area contributed by atoms with Gasteiger partial charge in [-0.1, -0.05) is 29.8 Å². The fourth-order valence-corrected chi connectivity index (χ4v) is 1.08. The molecule has 0 N–H and O–H groups in total. The van der Waals surface area contributed by atoms with E-state index in [2.05, 4.69) is 0 Å². The van der Waals surface area contributed by atoms with Gasteiger partial charge in [0, 0.05) is 11.1 Å². The quantitative estimate of drug-likeness (QED) is 0.655. The lowest BCUT2D eigenvalue weighted by molar-refractivity contribution is 0.112. The number of halogens is 3. The third kappa shape index (κ3) is 1.61. The number of rotatable bonds is 2. The van der Waals surface area contributed by atoms with Crippen molar-refractivity contribution in [3.63, 3.8) is 0 Å². The van der Waals surface area contributed by atoms with Crippen LogP contribution in [-0.4, -0.2) is 6.29 Å². The zero-order chi connectivity index (χ0) is 9.14. The Kier molecular flexibility index (Phi) is 2.76. The Balaban J connectivity index is 3.22. The zero-order valence-corrected chi connectivity index (χ0v) is 6.68. The van der Waals surface area contributed by atoms with E-state index < -0.39 is 6.43 Å². The number of carbonyl (C=O) groups excluding carboxylic acids is 1. The van der Waals surface area contributed by atoms with Crippen LogP contribution in [0.5, 0.6) is 0 Å². The molecule has 0 heterocycles. The Morgan fingerprint density at radius 3 is 2.58 bits per heavy atom. The van der Waals surface area contributed by atoms with Crippen LogP contribution in [0.2, 0.25) is 5.02 Å². The number of alkyl halides is 2. The summed E-state index contributed by atoms with van der Waals surface area (Å²) in [7, 11) is 0. The highest BCUT2D eigenvalue weighted by atomic mass is 35.5. The largest absolute Gasteiger partial charge is 0.298 e. The zero-order valence-electron chi connectivity index (χ0n) is 5.93. The minimum absolute atomic E-state index is 0.0921. The molecule has 0 saturated heterocycles. The van der Waals surface area contributed by atoms with E-state index in [1.807, 2.05) is 0 Å². The molecule has 1 rings (SSSR count). The van der Waals surface area contributed by atoms with Crippen LogP contribution in [0, 0.1) is 0 Å². The molecular weight excluding hydrogens is 186 g/mol. The van der Waals surface area contributed by atoms with E-state index in [1.54, 1.807) is 0 Å². The highest BCUT2D eigenvalue weighted by molar-refractivity contribution is 6.33. The molecule has 0 bridgehead atoms. The molecule has 0 amide bonds.